The van der Waals surface area contributed by atoms with E-state index in [-0.39, 0.29) is 17.4 Å². The fourth-order valence-corrected chi connectivity index (χ4v) is 1.83. The molecule has 1 unspecified atom stereocenters. The number of aromatic nitrogens is 2. The molecule has 1 heterocycles. The normalized spacial score (nSPS) is 25.6. The van der Waals surface area contributed by atoms with Crippen LogP contribution in [0, 0.1) is 0 Å². The molecule has 3 nitrogen and oxygen atoms in total. The standard InChI is InChI=1S/C8H5Cl3N2O/c9-5-1-2-8(11,14)6-4(5)3-12-7(10)13-6/h1,3,14H,2H2. The van der Waals surface area contributed by atoms with Gasteiger partial charge in [0.25, 0.3) is 0 Å². The van der Waals surface area contributed by atoms with Gasteiger partial charge in [0.15, 0.2) is 5.06 Å². The number of aliphatic hydroxyl groups is 1. The number of hydrogen-bond acceptors (Lipinski definition) is 3. The Morgan fingerprint density at radius 3 is 2.86 bits per heavy atom. The van der Waals surface area contributed by atoms with Crippen molar-refractivity contribution in [1.29, 1.82) is 0 Å². The summed E-state index contributed by atoms with van der Waals surface area (Å²) in [5.74, 6) is 0. The van der Waals surface area contributed by atoms with Gasteiger partial charge < -0.3 is 5.11 Å². The minimum atomic E-state index is -1.54. The van der Waals surface area contributed by atoms with E-state index in [4.69, 9.17) is 34.8 Å². The van der Waals surface area contributed by atoms with Crippen molar-refractivity contribution in [3.63, 3.8) is 0 Å². The van der Waals surface area contributed by atoms with Crippen LogP contribution >= 0.6 is 34.8 Å². The Labute approximate surface area is 95.3 Å². The molecule has 1 aromatic rings. The van der Waals surface area contributed by atoms with E-state index in [2.05, 4.69) is 9.97 Å². The highest BCUT2D eigenvalue weighted by molar-refractivity contribution is 6.49. The molecule has 1 aliphatic rings. The SMILES string of the molecule is OC1(Cl)CC=C(Cl)c2cnc(Cl)nc21. The molecule has 0 radical (unpaired) electrons. The molecule has 0 spiro atoms. The highest BCUT2D eigenvalue weighted by atomic mass is 35.5. The zero-order valence-electron chi connectivity index (χ0n) is 6.84. The molecule has 6 heteroatoms. The molecule has 1 aliphatic carbocycles. The second kappa shape index (κ2) is 3.35. The van der Waals surface area contributed by atoms with Crippen LogP contribution in [0.25, 0.3) is 5.03 Å². The van der Waals surface area contributed by atoms with Gasteiger partial charge in [-0.3, -0.25) is 0 Å². The van der Waals surface area contributed by atoms with Gasteiger partial charge in [-0.1, -0.05) is 29.3 Å². The van der Waals surface area contributed by atoms with Crippen LogP contribution in [-0.4, -0.2) is 15.1 Å². The zero-order valence-corrected chi connectivity index (χ0v) is 9.11. The Balaban J connectivity index is 2.66. The molecular weight excluding hydrogens is 246 g/mol. The van der Waals surface area contributed by atoms with Gasteiger partial charge in [0, 0.05) is 23.2 Å². The minimum Gasteiger partial charge on any atom is -0.369 e. The number of hydrogen-bond donors (Lipinski definition) is 1. The van der Waals surface area contributed by atoms with Crippen LogP contribution in [-0.2, 0) is 5.06 Å². The lowest BCUT2D eigenvalue weighted by molar-refractivity contribution is 0.125. The topological polar surface area (TPSA) is 46.0 Å². The number of rotatable bonds is 0. The Morgan fingerprint density at radius 2 is 2.14 bits per heavy atom. The fourth-order valence-electron chi connectivity index (χ4n) is 1.26. The summed E-state index contributed by atoms with van der Waals surface area (Å²) in [7, 11) is 0. The van der Waals surface area contributed by atoms with Crippen LogP contribution in [0.4, 0.5) is 0 Å². The quantitative estimate of drug-likeness (QED) is 0.569. The van der Waals surface area contributed by atoms with Crippen LogP contribution in [0.1, 0.15) is 17.7 Å². The summed E-state index contributed by atoms with van der Waals surface area (Å²) in [6.07, 6.45) is 3.26. The highest BCUT2D eigenvalue weighted by Gasteiger charge is 2.34. The third-order valence-electron chi connectivity index (χ3n) is 1.93. The van der Waals surface area contributed by atoms with Crippen molar-refractivity contribution in [2.75, 3.05) is 0 Å². The first-order chi connectivity index (χ1) is 6.50. The lowest BCUT2D eigenvalue weighted by Crippen LogP contribution is -2.23. The van der Waals surface area contributed by atoms with E-state index < -0.39 is 5.06 Å². The van der Waals surface area contributed by atoms with E-state index in [9.17, 15) is 5.11 Å². The number of fused-ring (bicyclic) bond motifs is 1. The lowest BCUT2D eigenvalue weighted by Gasteiger charge is -2.24. The van der Waals surface area contributed by atoms with E-state index >= 15 is 0 Å². The van der Waals surface area contributed by atoms with Gasteiger partial charge >= 0.3 is 0 Å². The highest BCUT2D eigenvalue weighted by Crippen LogP contribution is 2.40. The van der Waals surface area contributed by atoms with Crippen molar-refractivity contribution in [1.82, 2.24) is 9.97 Å². The molecule has 1 N–H and O–H groups in total. The third-order valence-corrected chi connectivity index (χ3v) is 2.80. The number of halogens is 3. The summed E-state index contributed by atoms with van der Waals surface area (Å²) in [6.45, 7) is 0. The maximum Gasteiger partial charge on any atom is 0.222 e. The summed E-state index contributed by atoms with van der Waals surface area (Å²) in [5, 5.41) is 8.75. The van der Waals surface area contributed by atoms with Crippen molar-refractivity contribution in [2.24, 2.45) is 0 Å². The first-order valence-corrected chi connectivity index (χ1v) is 4.94. The number of alkyl halides is 1. The molecule has 1 aromatic heterocycles. The van der Waals surface area contributed by atoms with Gasteiger partial charge in [0.2, 0.25) is 5.28 Å². The summed E-state index contributed by atoms with van der Waals surface area (Å²) in [6, 6.07) is 0. The van der Waals surface area contributed by atoms with Crippen LogP contribution in [0.15, 0.2) is 12.3 Å². The van der Waals surface area contributed by atoms with E-state index in [1.165, 1.54) is 6.20 Å². The fraction of sp³-hybridized carbons (Fsp3) is 0.250. The Kier molecular flexibility index (Phi) is 2.43. The molecule has 0 saturated carbocycles. The van der Waals surface area contributed by atoms with Gasteiger partial charge in [-0.15, -0.1) is 0 Å². The molecule has 2 rings (SSSR count). The Hall–Kier alpha value is -0.350. The molecule has 74 valence electrons. The third kappa shape index (κ3) is 1.61. The van der Waals surface area contributed by atoms with Gasteiger partial charge in [-0.25, -0.2) is 9.97 Å². The monoisotopic (exact) mass is 250 g/mol. The molecule has 0 fully saturated rings. The maximum absolute atomic E-state index is 9.78. The molecule has 0 aromatic carbocycles. The molecule has 14 heavy (non-hydrogen) atoms. The smallest absolute Gasteiger partial charge is 0.222 e. The first kappa shape index (κ1) is 10.2. The van der Waals surface area contributed by atoms with E-state index in [1.807, 2.05) is 0 Å². The second-order valence-electron chi connectivity index (χ2n) is 2.92. The molecule has 1 atom stereocenters. The predicted molar refractivity (Wildman–Crippen MR) is 55.2 cm³/mol. The summed E-state index contributed by atoms with van der Waals surface area (Å²) < 4.78 is 0. The van der Waals surface area contributed by atoms with Crippen molar-refractivity contribution in [3.05, 3.63) is 28.8 Å². The van der Waals surface area contributed by atoms with E-state index in [1.54, 1.807) is 6.08 Å². The van der Waals surface area contributed by atoms with Gasteiger partial charge in [-0.2, -0.15) is 0 Å². The van der Waals surface area contributed by atoms with E-state index in [0.29, 0.717) is 10.6 Å². The van der Waals surface area contributed by atoms with Crippen molar-refractivity contribution < 1.29 is 5.11 Å². The van der Waals surface area contributed by atoms with Crippen molar-refractivity contribution in [2.45, 2.75) is 11.5 Å². The summed E-state index contributed by atoms with van der Waals surface area (Å²) >= 11 is 17.3. The zero-order chi connectivity index (χ0) is 10.3. The molecule has 0 amide bonds. The Bertz CT molecular complexity index is 417. The number of nitrogens with zero attached hydrogens (tertiary/aromatic N) is 2. The predicted octanol–water partition coefficient (Wildman–Crippen LogP) is 2.50. The largest absolute Gasteiger partial charge is 0.369 e. The average Bonchev–Trinajstić information content (AvgIpc) is 2.12. The van der Waals surface area contributed by atoms with Crippen molar-refractivity contribution in [3.8, 4) is 0 Å². The minimum absolute atomic E-state index is 0.0363. The first-order valence-electron chi connectivity index (χ1n) is 3.81. The van der Waals surface area contributed by atoms with Crippen LogP contribution in [0.3, 0.4) is 0 Å². The van der Waals surface area contributed by atoms with Gasteiger partial charge in [0.05, 0.1) is 0 Å². The molecule has 0 bridgehead atoms. The second-order valence-corrected chi connectivity index (χ2v) is 4.29. The summed E-state index contributed by atoms with van der Waals surface area (Å²) in [4.78, 5) is 7.63. The molecule has 0 saturated heterocycles. The average molecular weight is 252 g/mol. The summed E-state index contributed by atoms with van der Waals surface area (Å²) in [5.41, 5.74) is 0.770. The molecular formula is C8H5Cl3N2O. The van der Waals surface area contributed by atoms with E-state index in [0.717, 1.165) is 0 Å². The van der Waals surface area contributed by atoms with Gasteiger partial charge in [-0.05, 0) is 11.6 Å². The van der Waals surface area contributed by atoms with Gasteiger partial charge in [0.1, 0.15) is 5.69 Å². The lowest BCUT2D eigenvalue weighted by atomic mass is 10.0. The van der Waals surface area contributed by atoms with Crippen LogP contribution in [0.5, 0.6) is 0 Å². The maximum atomic E-state index is 9.78. The van der Waals surface area contributed by atoms with Crippen molar-refractivity contribution >= 4 is 39.8 Å². The molecule has 0 aliphatic heterocycles. The van der Waals surface area contributed by atoms with Crippen LogP contribution in [0.2, 0.25) is 5.28 Å². The Morgan fingerprint density at radius 1 is 1.43 bits per heavy atom. The van der Waals surface area contributed by atoms with Crippen LogP contribution < -0.4 is 0 Å².